The molecule has 2 amide bonds. The standard InChI is InChI=1S/C30H33N3O4/c1-22-11-5-6-15-25(22)21-32(29(34)20-24-14-7-10-18-27(24)33(36)37)28(19-23-12-3-2-4-13-23)30(35)31-26-16-8-9-17-26/h2-7,10-15,18,26,28H,8-9,16-17,19-21H2,1H3,(H,31,35). The third kappa shape index (κ3) is 6.82. The van der Waals surface area contributed by atoms with Gasteiger partial charge in [-0.1, -0.05) is 85.6 Å². The topological polar surface area (TPSA) is 92.6 Å². The van der Waals surface area contributed by atoms with Gasteiger partial charge in [0.2, 0.25) is 11.8 Å². The summed E-state index contributed by atoms with van der Waals surface area (Å²) in [6.07, 6.45) is 4.23. The molecule has 3 aromatic carbocycles. The van der Waals surface area contributed by atoms with Crippen LogP contribution in [0.25, 0.3) is 0 Å². The highest BCUT2D eigenvalue weighted by atomic mass is 16.6. The Morgan fingerprint density at radius 2 is 1.57 bits per heavy atom. The number of hydrogen-bond donors (Lipinski definition) is 1. The maximum atomic E-state index is 13.9. The summed E-state index contributed by atoms with van der Waals surface area (Å²) in [7, 11) is 0. The molecule has 1 aliphatic rings. The van der Waals surface area contributed by atoms with Gasteiger partial charge in [0.05, 0.1) is 11.3 Å². The van der Waals surface area contributed by atoms with E-state index in [1.54, 1.807) is 23.1 Å². The Morgan fingerprint density at radius 3 is 2.24 bits per heavy atom. The normalized spacial score (nSPS) is 14.2. The van der Waals surface area contributed by atoms with Crippen LogP contribution in [-0.2, 0) is 29.0 Å². The molecule has 0 saturated heterocycles. The van der Waals surface area contributed by atoms with Gasteiger partial charge in [0.1, 0.15) is 6.04 Å². The lowest BCUT2D eigenvalue weighted by Crippen LogP contribution is -2.52. The number of rotatable bonds is 10. The van der Waals surface area contributed by atoms with Crippen molar-refractivity contribution in [2.45, 2.75) is 64.1 Å². The van der Waals surface area contributed by atoms with Crippen molar-refractivity contribution in [3.63, 3.8) is 0 Å². The fourth-order valence-corrected chi connectivity index (χ4v) is 5.00. The van der Waals surface area contributed by atoms with E-state index in [2.05, 4.69) is 5.32 Å². The molecule has 4 rings (SSSR count). The molecule has 1 N–H and O–H groups in total. The SMILES string of the molecule is Cc1ccccc1CN(C(=O)Cc1ccccc1[N+](=O)[O-])C(Cc1ccccc1)C(=O)NC1CCCC1. The minimum Gasteiger partial charge on any atom is -0.352 e. The number of aryl methyl sites for hydroxylation is 1. The van der Waals surface area contributed by atoms with Crippen LogP contribution in [0.5, 0.6) is 0 Å². The van der Waals surface area contributed by atoms with Crippen LogP contribution >= 0.6 is 0 Å². The van der Waals surface area contributed by atoms with Gasteiger partial charge in [-0.3, -0.25) is 19.7 Å². The van der Waals surface area contributed by atoms with Crippen molar-refractivity contribution in [2.24, 2.45) is 0 Å². The summed E-state index contributed by atoms with van der Waals surface area (Å²) in [4.78, 5) is 40.4. The van der Waals surface area contributed by atoms with Gasteiger partial charge in [-0.15, -0.1) is 0 Å². The molecular formula is C30H33N3O4. The van der Waals surface area contributed by atoms with E-state index in [0.717, 1.165) is 42.4 Å². The van der Waals surface area contributed by atoms with Crippen molar-refractivity contribution in [3.05, 3.63) is 111 Å². The highest BCUT2D eigenvalue weighted by Crippen LogP contribution is 2.23. The lowest BCUT2D eigenvalue weighted by molar-refractivity contribution is -0.385. The van der Waals surface area contributed by atoms with E-state index < -0.39 is 11.0 Å². The number of para-hydroxylation sites is 1. The van der Waals surface area contributed by atoms with Crippen molar-refractivity contribution in [1.29, 1.82) is 0 Å². The number of nitrogens with one attached hydrogen (secondary N) is 1. The largest absolute Gasteiger partial charge is 0.352 e. The quantitative estimate of drug-likeness (QED) is 0.309. The predicted octanol–water partition coefficient (Wildman–Crippen LogP) is 5.14. The molecule has 0 radical (unpaired) electrons. The van der Waals surface area contributed by atoms with Crippen LogP contribution in [0.2, 0.25) is 0 Å². The van der Waals surface area contributed by atoms with E-state index >= 15 is 0 Å². The van der Waals surface area contributed by atoms with Crippen LogP contribution in [0.1, 0.15) is 47.9 Å². The Labute approximate surface area is 217 Å². The number of hydrogen-bond acceptors (Lipinski definition) is 4. The lowest BCUT2D eigenvalue weighted by atomic mass is 9.99. The number of nitro benzene ring substituents is 1. The number of carbonyl (C=O) groups is 2. The fraction of sp³-hybridized carbons (Fsp3) is 0.333. The monoisotopic (exact) mass is 499 g/mol. The Balaban J connectivity index is 1.70. The zero-order chi connectivity index (χ0) is 26.2. The summed E-state index contributed by atoms with van der Waals surface area (Å²) >= 11 is 0. The van der Waals surface area contributed by atoms with Gasteiger partial charge in [-0.2, -0.15) is 0 Å². The second-order valence-electron chi connectivity index (χ2n) is 9.71. The molecule has 3 aromatic rings. The van der Waals surface area contributed by atoms with Gasteiger partial charge in [0.15, 0.2) is 0 Å². The molecule has 0 aromatic heterocycles. The van der Waals surface area contributed by atoms with Crippen molar-refractivity contribution in [3.8, 4) is 0 Å². The summed E-state index contributed by atoms with van der Waals surface area (Å²) in [6.45, 7) is 2.21. The molecule has 0 spiro atoms. The number of amides is 2. The zero-order valence-electron chi connectivity index (χ0n) is 21.1. The summed E-state index contributed by atoms with van der Waals surface area (Å²) in [5.41, 5.74) is 3.14. The second-order valence-corrected chi connectivity index (χ2v) is 9.71. The summed E-state index contributed by atoms with van der Waals surface area (Å²) in [5, 5.41) is 14.8. The average molecular weight is 500 g/mol. The lowest BCUT2D eigenvalue weighted by Gasteiger charge is -2.33. The molecule has 0 bridgehead atoms. The van der Waals surface area contributed by atoms with Crippen molar-refractivity contribution in [1.82, 2.24) is 10.2 Å². The van der Waals surface area contributed by atoms with Gasteiger partial charge >= 0.3 is 0 Å². The van der Waals surface area contributed by atoms with Crippen LogP contribution in [0.15, 0.2) is 78.9 Å². The van der Waals surface area contributed by atoms with Crippen LogP contribution < -0.4 is 5.32 Å². The molecule has 37 heavy (non-hydrogen) atoms. The van der Waals surface area contributed by atoms with Crippen molar-refractivity contribution >= 4 is 17.5 Å². The first-order valence-electron chi connectivity index (χ1n) is 12.8. The number of carbonyl (C=O) groups excluding carboxylic acids is 2. The van der Waals surface area contributed by atoms with Crippen LogP contribution in [-0.4, -0.2) is 33.7 Å². The van der Waals surface area contributed by atoms with Gasteiger partial charge in [0, 0.05) is 30.6 Å². The molecule has 1 aliphatic carbocycles. The van der Waals surface area contributed by atoms with E-state index in [0.29, 0.717) is 12.0 Å². The third-order valence-electron chi connectivity index (χ3n) is 7.10. The van der Waals surface area contributed by atoms with Crippen LogP contribution in [0.4, 0.5) is 5.69 Å². The van der Waals surface area contributed by atoms with E-state index in [9.17, 15) is 19.7 Å². The highest BCUT2D eigenvalue weighted by molar-refractivity contribution is 5.89. The molecule has 0 heterocycles. The first-order valence-corrected chi connectivity index (χ1v) is 12.8. The second kappa shape index (κ2) is 12.3. The van der Waals surface area contributed by atoms with Gasteiger partial charge in [-0.05, 0) is 36.5 Å². The maximum absolute atomic E-state index is 13.9. The zero-order valence-corrected chi connectivity index (χ0v) is 21.1. The number of benzene rings is 3. The smallest absolute Gasteiger partial charge is 0.273 e. The van der Waals surface area contributed by atoms with Crippen molar-refractivity contribution in [2.75, 3.05) is 0 Å². The summed E-state index contributed by atoms with van der Waals surface area (Å²) in [6, 6.07) is 23.1. The van der Waals surface area contributed by atoms with E-state index in [1.165, 1.54) is 6.07 Å². The van der Waals surface area contributed by atoms with Gasteiger partial charge in [0.25, 0.3) is 5.69 Å². The fourth-order valence-electron chi connectivity index (χ4n) is 5.00. The molecule has 1 atom stereocenters. The molecule has 192 valence electrons. The highest BCUT2D eigenvalue weighted by Gasteiger charge is 2.33. The number of nitro groups is 1. The molecule has 1 fully saturated rings. The third-order valence-corrected chi connectivity index (χ3v) is 7.10. The molecule has 0 aliphatic heterocycles. The molecule has 7 nitrogen and oxygen atoms in total. The van der Waals surface area contributed by atoms with Crippen LogP contribution in [0.3, 0.4) is 0 Å². The molecular weight excluding hydrogens is 466 g/mol. The Morgan fingerprint density at radius 1 is 0.946 bits per heavy atom. The number of nitrogens with zero attached hydrogens (tertiary/aromatic N) is 2. The minimum atomic E-state index is -0.752. The average Bonchev–Trinajstić information content (AvgIpc) is 3.41. The summed E-state index contributed by atoms with van der Waals surface area (Å²) < 4.78 is 0. The van der Waals surface area contributed by atoms with Gasteiger partial charge in [-0.25, -0.2) is 0 Å². The first-order chi connectivity index (χ1) is 17.9. The molecule has 1 saturated carbocycles. The molecule has 7 heteroatoms. The van der Waals surface area contributed by atoms with E-state index in [4.69, 9.17) is 0 Å². The Bertz CT molecular complexity index is 1240. The van der Waals surface area contributed by atoms with Gasteiger partial charge < -0.3 is 10.2 Å². The van der Waals surface area contributed by atoms with E-state index in [1.807, 2.05) is 61.5 Å². The van der Waals surface area contributed by atoms with E-state index in [-0.39, 0.29) is 36.5 Å². The minimum absolute atomic E-state index is 0.0956. The Hall–Kier alpha value is -4.00. The van der Waals surface area contributed by atoms with Crippen LogP contribution in [0, 0.1) is 17.0 Å². The summed E-state index contributed by atoms with van der Waals surface area (Å²) in [5.74, 6) is -0.500. The van der Waals surface area contributed by atoms with Crippen molar-refractivity contribution < 1.29 is 14.5 Å². The maximum Gasteiger partial charge on any atom is 0.273 e. The molecule has 1 unspecified atom stereocenters. The predicted molar refractivity (Wildman–Crippen MR) is 143 cm³/mol. The first kappa shape index (κ1) is 26.1. The Kier molecular flexibility index (Phi) is 8.67.